The highest BCUT2D eigenvalue weighted by Gasteiger charge is 2.41. The number of rotatable bonds is 3. The Labute approximate surface area is 116 Å². The monoisotopic (exact) mass is 268 g/mol. The number of carbonyl (C=O) groups is 1. The van der Waals surface area contributed by atoms with Crippen LogP contribution in [0.3, 0.4) is 0 Å². The van der Waals surface area contributed by atoms with Crippen molar-refractivity contribution in [1.29, 1.82) is 0 Å². The average molecular weight is 268 g/mol. The first-order valence-corrected chi connectivity index (χ1v) is 7.38. The SMILES string of the molecule is CCC(N)C(N1CCN2C(=O)NCC2C1)C(C)(C)C. The summed E-state index contributed by atoms with van der Waals surface area (Å²) in [5, 5.41) is 2.93. The molecule has 2 heterocycles. The molecule has 0 bridgehead atoms. The lowest BCUT2D eigenvalue weighted by Gasteiger charge is -2.48. The van der Waals surface area contributed by atoms with E-state index in [2.05, 4.69) is 37.9 Å². The van der Waals surface area contributed by atoms with Crippen LogP contribution in [0, 0.1) is 5.41 Å². The van der Waals surface area contributed by atoms with Crippen LogP contribution in [0.2, 0.25) is 0 Å². The Morgan fingerprint density at radius 3 is 2.68 bits per heavy atom. The van der Waals surface area contributed by atoms with Gasteiger partial charge in [-0.05, 0) is 11.8 Å². The summed E-state index contributed by atoms with van der Waals surface area (Å²) < 4.78 is 0. The molecule has 0 saturated carbocycles. The molecule has 3 N–H and O–H groups in total. The summed E-state index contributed by atoms with van der Waals surface area (Å²) in [7, 11) is 0. The second kappa shape index (κ2) is 5.29. The Hall–Kier alpha value is -0.810. The highest BCUT2D eigenvalue weighted by molar-refractivity contribution is 5.77. The Kier molecular flexibility index (Phi) is 4.06. The van der Waals surface area contributed by atoms with Crippen molar-refractivity contribution in [3.8, 4) is 0 Å². The minimum atomic E-state index is 0.0942. The molecular formula is C14H28N4O. The van der Waals surface area contributed by atoms with Crippen LogP contribution in [-0.4, -0.2) is 60.1 Å². The van der Waals surface area contributed by atoms with E-state index >= 15 is 0 Å². The summed E-state index contributed by atoms with van der Waals surface area (Å²) >= 11 is 0. The zero-order valence-corrected chi connectivity index (χ0v) is 12.6. The van der Waals surface area contributed by atoms with Crippen molar-refractivity contribution in [3.05, 3.63) is 0 Å². The topological polar surface area (TPSA) is 61.6 Å². The molecule has 19 heavy (non-hydrogen) atoms. The van der Waals surface area contributed by atoms with E-state index in [4.69, 9.17) is 5.73 Å². The van der Waals surface area contributed by atoms with E-state index in [9.17, 15) is 4.79 Å². The number of carbonyl (C=O) groups excluding carboxylic acids is 1. The van der Waals surface area contributed by atoms with Crippen molar-refractivity contribution in [2.45, 2.75) is 52.2 Å². The molecule has 5 nitrogen and oxygen atoms in total. The van der Waals surface area contributed by atoms with Crippen LogP contribution in [-0.2, 0) is 0 Å². The molecule has 2 aliphatic rings. The van der Waals surface area contributed by atoms with E-state index in [0.29, 0.717) is 12.1 Å². The zero-order valence-electron chi connectivity index (χ0n) is 12.6. The van der Waals surface area contributed by atoms with Gasteiger partial charge < -0.3 is 16.0 Å². The van der Waals surface area contributed by atoms with Crippen LogP contribution >= 0.6 is 0 Å². The summed E-state index contributed by atoms with van der Waals surface area (Å²) in [4.78, 5) is 16.1. The molecule has 0 aromatic heterocycles. The third kappa shape index (κ3) is 2.87. The second-order valence-corrected chi connectivity index (χ2v) is 6.91. The fourth-order valence-corrected chi connectivity index (χ4v) is 3.56. The molecule has 3 unspecified atom stereocenters. The van der Waals surface area contributed by atoms with Gasteiger partial charge in [0.05, 0.1) is 6.04 Å². The van der Waals surface area contributed by atoms with Gasteiger partial charge in [0.1, 0.15) is 0 Å². The van der Waals surface area contributed by atoms with Gasteiger partial charge in [-0.2, -0.15) is 0 Å². The van der Waals surface area contributed by atoms with Crippen molar-refractivity contribution in [3.63, 3.8) is 0 Å². The zero-order chi connectivity index (χ0) is 14.2. The average Bonchev–Trinajstić information content (AvgIpc) is 2.69. The Balaban J connectivity index is 2.10. The van der Waals surface area contributed by atoms with Gasteiger partial charge in [-0.3, -0.25) is 4.90 Å². The van der Waals surface area contributed by atoms with Gasteiger partial charge in [0, 0.05) is 38.3 Å². The smallest absolute Gasteiger partial charge is 0.317 e. The van der Waals surface area contributed by atoms with Crippen molar-refractivity contribution in [2.24, 2.45) is 11.1 Å². The first kappa shape index (κ1) is 14.6. The lowest BCUT2D eigenvalue weighted by molar-refractivity contribution is 0.0263. The normalized spacial score (nSPS) is 27.9. The van der Waals surface area contributed by atoms with Crippen molar-refractivity contribution < 1.29 is 4.79 Å². The van der Waals surface area contributed by atoms with Crippen LogP contribution in [0.4, 0.5) is 4.79 Å². The maximum Gasteiger partial charge on any atom is 0.317 e. The third-order valence-corrected chi connectivity index (χ3v) is 4.42. The standard InChI is InChI=1S/C14H28N4O/c1-5-11(15)12(14(2,3)4)17-6-7-18-10(9-17)8-16-13(18)19/h10-12H,5-9,15H2,1-4H3,(H,16,19). The Bertz CT molecular complexity index is 339. The van der Waals surface area contributed by atoms with Gasteiger partial charge in [-0.15, -0.1) is 0 Å². The lowest BCUT2D eigenvalue weighted by atomic mass is 9.80. The molecule has 0 aliphatic carbocycles. The predicted molar refractivity (Wildman–Crippen MR) is 77.0 cm³/mol. The number of nitrogens with one attached hydrogen (secondary N) is 1. The first-order chi connectivity index (χ1) is 8.84. The van der Waals surface area contributed by atoms with Gasteiger partial charge >= 0.3 is 6.03 Å². The van der Waals surface area contributed by atoms with Gasteiger partial charge in [0.25, 0.3) is 0 Å². The van der Waals surface area contributed by atoms with Crippen LogP contribution < -0.4 is 11.1 Å². The first-order valence-electron chi connectivity index (χ1n) is 7.38. The molecule has 2 saturated heterocycles. The third-order valence-electron chi connectivity index (χ3n) is 4.42. The number of nitrogens with zero attached hydrogens (tertiary/aromatic N) is 2. The summed E-state index contributed by atoms with van der Waals surface area (Å²) in [6.07, 6.45) is 0.990. The van der Waals surface area contributed by atoms with Crippen molar-refractivity contribution in [1.82, 2.24) is 15.1 Å². The molecule has 2 amide bonds. The second-order valence-electron chi connectivity index (χ2n) is 6.91. The molecule has 110 valence electrons. The van der Waals surface area contributed by atoms with Gasteiger partial charge in [0.2, 0.25) is 0 Å². The Morgan fingerprint density at radius 1 is 1.42 bits per heavy atom. The van der Waals surface area contributed by atoms with Crippen molar-refractivity contribution >= 4 is 6.03 Å². The number of hydrogen-bond donors (Lipinski definition) is 2. The molecule has 0 aromatic rings. The number of nitrogens with two attached hydrogens (primary N) is 1. The van der Waals surface area contributed by atoms with E-state index in [1.54, 1.807) is 0 Å². The van der Waals surface area contributed by atoms with Gasteiger partial charge in [0.15, 0.2) is 0 Å². The number of hydrogen-bond acceptors (Lipinski definition) is 3. The number of urea groups is 1. The highest BCUT2D eigenvalue weighted by atomic mass is 16.2. The van der Waals surface area contributed by atoms with E-state index in [0.717, 1.165) is 32.6 Å². The minimum absolute atomic E-state index is 0.0942. The maximum atomic E-state index is 11.6. The fourth-order valence-electron chi connectivity index (χ4n) is 3.56. The lowest BCUT2D eigenvalue weighted by Crippen LogP contribution is -2.62. The fraction of sp³-hybridized carbons (Fsp3) is 0.929. The van der Waals surface area contributed by atoms with Crippen LogP contribution in [0.5, 0.6) is 0 Å². The van der Waals surface area contributed by atoms with Crippen LogP contribution in [0.15, 0.2) is 0 Å². The van der Waals surface area contributed by atoms with Gasteiger partial charge in [-0.1, -0.05) is 27.7 Å². The summed E-state index contributed by atoms with van der Waals surface area (Å²) in [5.74, 6) is 0. The molecule has 3 atom stereocenters. The summed E-state index contributed by atoms with van der Waals surface area (Å²) in [6.45, 7) is 12.4. The summed E-state index contributed by atoms with van der Waals surface area (Å²) in [6, 6.07) is 0.971. The van der Waals surface area contributed by atoms with Crippen LogP contribution in [0.1, 0.15) is 34.1 Å². The van der Waals surface area contributed by atoms with Gasteiger partial charge in [-0.25, -0.2) is 4.79 Å². The molecular weight excluding hydrogens is 240 g/mol. The number of amides is 2. The van der Waals surface area contributed by atoms with Crippen molar-refractivity contribution in [2.75, 3.05) is 26.2 Å². The Morgan fingerprint density at radius 2 is 2.11 bits per heavy atom. The van der Waals surface area contributed by atoms with E-state index in [1.165, 1.54) is 0 Å². The van der Waals surface area contributed by atoms with E-state index in [1.807, 2.05) is 4.90 Å². The van der Waals surface area contributed by atoms with E-state index < -0.39 is 0 Å². The molecule has 5 heteroatoms. The molecule has 0 spiro atoms. The largest absolute Gasteiger partial charge is 0.336 e. The number of fused-ring (bicyclic) bond motifs is 1. The minimum Gasteiger partial charge on any atom is -0.336 e. The molecule has 0 radical (unpaired) electrons. The predicted octanol–water partition coefficient (Wildman–Crippen LogP) is 0.848. The molecule has 0 aromatic carbocycles. The van der Waals surface area contributed by atoms with E-state index in [-0.39, 0.29) is 17.5 Å². The number of piperazine rings is 1. The highest BCUT2D eigenvalue weighted by Crippen LogP contribution is 2.30. The summed E-state index contributed by atoms with van der Waals surface area (Å²) in [5.41, 5.74) is 6.52. The molecule has 2 fully saturated rings. The maximum absolute atomic E-state index is 11.6. The quantitative estimate of drug-likeness (QED) is 0.797. The molecule has 2 aliphatic heterocycles. The molecule has 2 rings (SSSR count). The van der Waals surface area contributed by atoms with Crippen LogP contribution in [0.25, 0.3) is 0 Å².